The summed E-state index contributed by atoms with van der Waals surface area (Å²) < 4.78 is 86.6. The number of aryl methyl sites for hydroxylation is 2. The van der Waals surface area contributed by atoms with E-state index in [1.807, 2.05) is 0 Å². The molecule has 0 bridgehead atoms. The van der Waals surface area contributed by atoms with Crippen LogP contribution in [0.5, 0.6) is 5.75 Å². The van der Waals surface area contributed by atoms with E-state index in [0.29, 0.717) is 51.0 Å². The van der Waals surface area contributed by atoms with Gasteiger partial charge in [0, 0.05) is 30.4 Å². The van der Waals surface area contributed by atoms with E-state index in [4.69, 9.17) is 14.2 Å². The minimum Gasteiger partial charge on any atom is -0.496 e. The van der Waals surface area contributed by atoms with Crippen molar-refractivity contribution in [1.29, 1.82) is 0 Å². The third-order valence-electron chi connectivity index (χ3n) is 10.1. The molecule has 1 fully saturated rings. The van der Waals surface area contributed by atoms with E-state index in [1.165, 1.54) is 37.4 Å². The minimum atomic E-state index is -5.01. The van der Waals surface area contributed by atoms with E-state index < -0.39 is 58.7 Å². The van der Waals surface area contributed by atoms with Crippen molar-refractivity contribution in [3.05, 3.63) is 112 Å². The molecule has 15 heteroatoms. The van der Waals surface area contributed by atoms with Crippen LogP contribution in [0.4, 0.5) is 33.3 Å². The van der Waals surface area contributed by atoms with E-state index in [1.54, 1.807) is 32.9 Å². The zero-order valence-electron chi connectivity index (χ0n) is 32.9. The molecule has 1 heterocycles. The van der Waals surface area contributed by atoms with Crippen molar-refractivity contribution in [3.8, 4) is 16.9 Å². The Morgan fingerprint density at radius 2 is 1.44 bits per heavy atom. The number of esters is 1. The maximum Gasteiger partial charge on any atom is 0.419 e. The van der Waals surface area contributed by atoms with Crippen molar-refractivity contribution in [2.24, 2.45) is 5.92 Å². The van der Waals surface area contributed by atoms with Crippen LogP contribution in [-0.2, 0) is 38.1 Å². The summed E-state index contributed by atoms with van der Waals surface area (Å²) in [4.78, 5) is 54.7. The first-order valence-corrected chi connectivity index (χ1v) is 19.2. The summed E-state index contributed by atoms with van der Waals surface area (Å²) in [6.07, 6.45) is -1.09. The highest BCUT2D eigenvalue weighted by Crippen LogP contribution is 2.36. The monoisotopic (exact) mass is 821 g/mol. The fraction of sp³-hybridized carbons (Fsp3) is 0.364. The van der Waals surface area contributed by atoms with Gasteiger partial charge in [-0.05, 0) is 136 Å². The second kappa shape index (κ2) is 17.6. The van der Waals surface area contributed by atoms with Crippen molar-refractivity contribution in [2.45, 2.75) is 77.1 Å². The van der Waals surface area contributed by atoms with Gasteiger partial charge >= 0.3 is 12.1 Å². The molecule has 0 spiro atoms. The lowest BCUT2D eigenvalue weighted by Crippen LogP contribution is -2.41. The van der Waals surface area contributed by atoms with E-state index in [9.17, 15) is 36.7 Å². The molecule has 4 aromatic rings. The molecule has 10 nitrogen and oxygen atoms in total. The number of rotatable bonds is 10. The predicted molar refractivity (Wildman–Crippen MR) is 209 cm³/mol. The van der Waals surface area contributed by atoms with Gasteiger partial charge in [0.2, 0.25) is 5.91 Å². The summed E-state index contributed by atoms with van der Waals surface area (Å²) in [6.45, 7) is 5.83. The molecule has 0 saturated carbocycles. The van der Waals surface area contributed by atoms with Gasteiger partial charge < -0.3 is 30.2 Å². The maximum atomic E-state index is 15.7. The van der Waals surface area contributed by atoms with Gasteiger partial charge in [0.05, 0.1) is 29.5 Å². The lowest BCUT2D eigenvalue weighted by molar-refractivity contribution is -0.159. The lowest BCUT2D eigenvalue weighted by Gasteiger charge is -2.27. The van der Waals surface area contributed by atoms with Crippen LogP contribution in [0.1, 0.15) is 95.5 Å². The highest BCUT2D eigenvalue weighted by atomic mass is 19.4. The molecule has 0 aromatic heterocycles. The maximum absolute atomic E-state index is 15.7. The van der Waals surface area contributed by atoms with Crippen molar-refractivity contribution < 1.29 is 55.3 Å². The molecule has 312 valence electrons. The molecule has 0 radical (unpaired) electrons. The quantitative estimate of drug-likeness (QED) is 0.108. The average molecular weight is 822 g/mol. The number of fused-ring (bicyclic) bond motifs is 1. The number of carbonyl (C=O) groups excluding carboxylic acids is 4. The largest absolute Gasteiger partial charge is 0.496 e. The van der Waals surface area contributed by atoms with Crippen molar-refractivity contribution in [3.63, 3.8) is 0 Å². The van der Waals surface area contributed by atoms with Crippen molar-refractivity contribution >= 4 is 35.1 Å². The van der Waals surface area contributed by atoms with Gasteiger partial charge in [-0.2, -0.15) is 13.2 Å². The molecular formula is C44H44F5N3O7. The second-order valence-electron chi connectivity index (χ2n) is 15.5. The van der Waals surface area contributed by atoms with E-state index >= 15 is 4.39 Å². The summed E-state index contributed by atoms with van der Waals surface area (Å²) >= 11 is 0. The average Bonchev–Trinajstić information content (AvgIpc) is 3.19. The summed E-state index contributed by atoms with van der Waals surface area (Å²) in [5, 5.41) is 7.93. The number of amides is 3. The highest BCUT2D eigenvalue weighted by molar-refractivity contribution is 6.13. The van der Waals surface area contributed by atoms with Gasteiger partial charge in [0.15, 0.2) is 6.04 Å². The van der Waals surface area contributed by atoms with Crippen LogP contribution in [0.25, 0.3) is 11.1 Å². The SMILES string of the molecule is COc1ccc(-c2cc(C(NC(=O)C3CCOCC3)C(=O)OC(C)(C)C)ccc2F)cc1C(=O)Nc1cc2c(cc1C(=O)Nc1ccc(F)c(C(F)(F)F)c1)CCCC2. The van der Waals surface area contributed by atoms with Crippen LogP contribution < -0.4 is 20.7 Å². The molecule has 6 rings (SSSR count). The lowest BCUT2D eigenvalue weighted by atomic mass is 9.89. The molecule has 59 heavy (non-hydrogen) atoms. The third kappa shape index (κ3) is 10.3. The molecule has 2 aliphatic rings. The first-order chi connectivity index (χ1) is 27.9. The first kappa shape index (κ1) is 42.8. The molecule has 1 unspecified atom stereocenters. The molecule has 3 amide bonds. The Morgan fingerprint density at radius 3 is 2.10 bits per heavy atom. The molecule has 1 atom stereocenters. The first-order valence-electron chi connectivity index (χ1n) is 19.2. The fourth-order valence-corrected chi connectivity index (χ4v) is 7.14. The van der Waals surface area contributed by atoms with Crippen LogP contribution in [0, 0.1) is 17.6 Å². The summed E-state index contributed by atoms with van der Waals surface area (Å²) in [6, 6.07) is 12.2. The number of methoxy groups -OCH3 is 1. The van der Waals surface area contributed by atoms with E-state index in [-0.39, 0.29) is 50.8 Å². The molecule has 3 N–H and O–H groups in total. The Kier molecular flexibility index (Phi) is 12.7. The number of alkyl halides is 3. The number of ether oxygens (including phenoxy) is 3. The Hall–Kier alpha value is -5.83. The highest BCUT2D eigenvalue weighted by Gasteiger charge is 2.35. The molecule has 1 aliphatic carbocycles. The third-order valence-corrected chi connectivity index (χ3v) is 10.1. The van der Waals surface area contributed by atoms with Crippen molar-refractivity contribution in [1.82, 2.24) is 5.32 Å². The Balaban J connectivity index is 1.33. The number of anilines is 2. The number of hydrogen-bond donors (Lipinski definition) is 3. The summed E-state index contributed by atoms with van der Waals surface area (Å²) in [5.74, 6) is -5.26. The Labute approximate surface area is 337 Å². The number of halogens is 5. The van der Waals surface area contributed by atoms with Crippen molar-refractivity contribution in [2.75, 3.05) is 31.0 Å². The zero-order chi connectivity index (χ0) is 42.6. The summed E-state index contributed by atoms with van der Waals surface area (Å²) in [5.41, 5.74) is -0.726. The van der Waals surface area contributed by atoms with Gasteiger partial charge in [-0.15, -0.1) is 0 Å². The Bertz CT molecular complexity index is 2260. The smallest absolute Gasteiger partial charge is 0.419 e. The van der Waals surface area contributed by atoms with E-state index in [0.717, 1.165) is 36.1 Å². The predicted octanol–water partition coefficient (Wildman–Crippen LogP) is 8.97. The fourth-order valence-electron chi connectivity index (χ4n) is 7.14. The topological polar surface area (TPSA) is 132 Å². The van der Waals surface area contributed by atoms with Gasteiger partial charge in [-0.1, -0.05) is 12.1 Å². The van der Waals surface area contributed by atoms with Crippen LogP contribution in [0.3, 0.4) is 0 Å². The van der Waals surface area contributed by atoms with Crippen LogP contribution in [-0.4, -0.2) is 49.6 Å². The Morgan fingerprint density at radius 1 is 0.780 bits per heavy atom. The van der Waals surface area contributed by atoms with Crippen LogP contribution in [0.15, 0.2) is 66.7 Å². The van der Waals surface area contributed by atoms with E-state index in [2.05, 4.69) is 16.0 Å². The van der Waals surface area contributed by atoms with Crippen LogP contribution in [0.2, 0.25) is 0 Å². The molecule has 1 aliphatic heterocycles. The van der Waals surface area contributed by atoms with Gasteiger partial charge in [-0.3, -0.25) is 14.4 Å². The molecular weight excluding hydrogens is 777 g/mol. The number of carbonyl (C=O) groups is 4. The van der Waals surface area contributed by atoms with Gasteiger partial charge in [0.1, 0.15) is 23.0 Å². The molecule has 1 saturated heterocycles. The standard InChI is InChI=1S/C44H44F5N3O7/c1-43(2,3)59-42(56)38(52-39(53)24-15-17-58-18-16-24)28-9-12-34(45)30(21-28)27-10-14-37(57-4)32(20-27)41(55)51-36-22-26-8-6-5-7-25(26)19-31(36)40(54)50-29-11-13-35(46)33(23-29)44(47,48)49/h9-14,19-24,38H,5-8,15-18H2,1-4H3,(H,50,54)(H,51,55)(H,52,53). The number of nitrogens with one attached hydrogen (secondary N) is 3. The zero-order valence-corrected chi connectivity index (χ0v) is 32.9. The van der Waals surface area contributed by atoms with Crippen LogP contribution >= 0.6 is 0 Å². The normalized spacial score (nSPS) is 15.1. The second-order valence-corrected chi connectivity index (χ2v) is 15.5. The molecule has 4 aromatic carbocycles. The minimum absolute atomic E-state index is 0.0144. The number of benzene rings is 4. The number of hydrogen-bond acceptors (Lipinski definition) is 7. The van der Waals surface area contributed by atoms with Gasteiger partial charge in [-0.25, -0.2) is 13.6 Å². The van der Waals surface area contributed by atoms with Gasteiger partial charge in [0.25, 0.3) is 11.8 Å². The summed E-state index contributed by atoms with van der Waals surface area (Å²) in [7, 11) is 1.33.